The molecule has 0 bridgehead atoms. The van der Waals surface area contributed by atoms with Gasteiger partial charge in [0.2, 0.25) is 0 Å². The topological polar surface area (TPSA) is 75.6 Å². The van der Waals surface area contributed by atoms with E-state index >= 15 is 0 Å². The highest BCUT2D eigenvalue weighted by Gasteiger charge is 2.44. The Balaban J connectivity index is 1.33. The quantitative estimate of drug-likeness (QED) is 0.624. The minimum Gasteiger partial charge on any atom is -0.479 e. The van der Waals surface area contributed by atoms with Crippen LogP contribution in [0.5, 0.6) is 0 Å². The highest BCUT2D eigenvalue weighted by molar-refractivity contribution is 5.85. The molecule has 0 saturated carbocycles. The number of ether oxygens (including phenoxy) is 1. The lowest BCUT2D eigenvalue weighted by molar-refractivity contribution is -0.145. The minimum atomic E-state index is -1.36. The maximum atomic E-state index is 12.8. The maximum Gasteiger partial charge on any atom is 0.408 e. The fraction of sp³-hybridized carbons (Fsp3) is 0.259. The summed E-state index contributed by atoms with van der Waals surface area (Å²) in [5, 5.41) is 12.7. The molecule has 3 aromatic carbocycles. The van der Waals surface area contributed by atoms with Crippen LogP contribution >= 0.6 is 0 Å². The molecule has 0 saturated heterocycles. The molecule has 2 N–H and O–H groups in total. The van der Waals surface area contributed by atoms with Gasteiger partial charge in [-0.05, 0) is 58.7 Å². The van der Waals surface area contributed by atoms with Gasteiger partial charge in [0, 0.05) is 12.3 Å². The fourth-order valence-corrected chi connectivity index (χ4v) is 5.21. The molecule has 5 heteroatoms. The second kappa shape index (κ2) is 7.83. The second-order valence-electron chi connectivity index (χ2n) is 8.73. The fourth-order valence-electron chi connectivity index (χ4n) is 5.21. The predicted octanol–water partition coefficient (Wildman–Crippen LogP) is 4.85. The van der Waals surface area contributed by atoms with Crippen molar-refractivity contribution in [1.82, 2.24) is 5.32 Å². The van der Waals surface area contributed by atoms with E-state index in [4.69, 9.17) is 4.74 Å². The van der Waals surface area contributed by atoms with Crippen LogP contribution in [-0.2, 0) is 22.4 Å². The van der Waals surface area contributed by atoms with E-state index in [1.54, 1.807) is 0 Å². The summed E-state index contributed by atoms with van der Waals surface area (Å²) in [5.41, 5.74) is 6.49. The molecule has 0 fully saturated rings. The number of fused-ring (bicyclic) bond motifs is 4. The lowest BCUT2D eigenvalue weighted by atomic mass is 9.76. The third kappa shape index (κ3) is 3.34. The van der Waals surface area contributed by atoms with Gasteiger partial charge in [0.15, 0.2) is 0 Å². The zero-order chi connectivity index (χ0) is 22.3. The van der Waals surface area contributed by atoms with Gasteiger partial charge < -0.3 is 15.2 Å². The molecule has 0 heterocycles. The number of carboxylic acid groups (broad SMARTS) is 1. The van der Waals surface area contributed by atoms with E-state index in [9.17, 15) is 14.7 Å². The Labute approximate surface area is 187 Å². The van der Waals surface area contributed by atoms with Crippen LogP contribution in [0, 0.1) is 6.92 Å². The summed E-state index contributed by atoms with van der Waals surface area (Å²) in [4.78, 5) is 25.0. The van der Waals surface area contributed by atoms with Gasteiger partial charge in [-0.15, -0.1) is 0 Å². The van der Waals surface area contributed by atoms with E-state index in [0.717, 1.165) is 33.4 Å². The molecule has 1 atom stereocenters. The number of aliphatic carboxylic acids is 1. The normalized spacial score (nSPS) is 18.9. The Bertz CT molecular complexity index is 1170. The maximum absolute atomic E-state index is 12.8. The molecule has 3 aromatic rings. The molecule has 5 rings (SSSR count). The van der Waals surface area contributed by atoms with Crippen molar-refractivity contribution in [1.29, 1.82) is 0 Å². The Kier molecular flexibility index (Phi) is 4.97. The summed E-state index contributed by atoms with van der Waals surface area (Å²) in [6.07, 6.45) is 0.511. The molecule has 162 valence electrons. The monoisotopic (exact) mass is 427 g/mol. The molecule has 2 aliphatic rings. The number of benzene rings is 3. The van der Waals surface area contributed by atoms with Gasteiger partial charge in [-0.3, -0.25) is 0 Å². The van der Waals surface area contributed by atoms with Gasteiger partial charge in [-0.2, -0.15) is 0 Å². The first-order valence-electron chi connectivity index (χ1n) is 10.9. The third-order valence-corrected chi connectivity index (χ3v) is 6.90. The average molecular weight is 428 g/mol. The summed E-state index contributed by atoms with van der Waals surface area (Å²) in [6, 6.07) is 22.2. The smallest absolute Gasteiger partial charge is 0.408 e. The summed E-state index contributed by atoms with van der Waals surface area (Å²) < 4.78 is 5.62. The molecule has 32 heavy (non-hydrogen) atoms. The SMILES string of the molecule is Cc1cccc2c1CCC(NC(=O)OCC1c3ccccc3-c3ccccc31)(C(=O)O)C2. The Morgan fingerprint density at radius 3 is 2.31 bits per heavy atom. The number of amides is 1. The first-order valence-corrected chi connectivity index (χ1v) is 10.9. The van der Waals surface area contributed by atoms with Crippen LogP contribution in [-0.4, -0.2) is 29.3 Å². The van der Waals surface area contributed by atoms with E-state index in [1.807, 2.05) is 49.4 Å². The minimum absolute atomic E-state index is 0.0661. The van der Waals surface area contributed by atoms with E-state index in [2.05, 4.69) is 29.6 Å². The van der Waals surface area contributed by atoms with Crippen LogP contribution in [0.1, 0.15) is 40.2 Å². The van der Waals surface area contributed by atoms with Crippen LogP contribution in [0.2, 0.25) is 0 Å². The van der Waals surface area contributed by atoms with Gasteiger partial charge in [0.05, 0.1) is 0 Å². The molecule has 2 aliphatic carbocycles. The Morgan fingerprint density at radius 2 is 1.66 bits per heavy atom. The first kappa shape index (κ1) is 20.3. The van der Waals surface area contributed by atoms with Crippen molar-refractivity contribution in [3.8, 4) is 11.1 Å². The number of aryl methyl sites for hydroxylation is 1. The van der Waals surface area contributed by atoms with Crippen molar-refractivity contribution in [2.24, 2.45) is 0 Å². The number of alkyl carbamates (subject to hydrolysis) is 1. The zero-order valence-corrected chi connectivity index (χ0v) is 17.9. The van der Waals surface area contributed by atoms with Gasteiger partial charge in [0.25, 0.3) is 0 Å². The summed E-state index contributed by atoms with van der Waals surface area (Å²) in [5.74, 6) is -1.10. The molecule has 0 spiro atoms. The number of carbonyl (C=O) groups is 2. The number of hydrogen-bond donors (Lipinski definition) is 2. The van der Waals surface area contributed by atoms with Crippen molar-refractivity contribution in [2.75, 3.05) is 6.61 Å². The predicted molar refractivity (Wildman–Crippen MR) is 122 cm³/mol. The van der Waals surface area contributed by atoms with E-state index in [1.165, 1.54) is 5.56 Å². The van der Waals surface area contributed by atoms with Gasteiger partial charge in [0.1, 0.15) is 12.1 Å². The standard InChI is InChI=1S/C27H25NO4/c1-17-7-6-8-18-15-27(25(29)30,14-13-19(17)18)28-26(31)32-16-24-22-11-4-2-9-20(22)21-10-3-5-12-23(21)24/h2-12,24H,13-16H2,1H3,(H,28,31)(H,29,30). The number of nitrogens with one attached hydrogen (secondary N) is 1. The van der Waals surface area contributed by atoms with Gasteiger partial charge >= 0.3 is 12.1 Å². The van der Waals surface area contributed by atoms with Crippen molar-refractivity contribution in [3.63, 3.8) is 0 Å². The Morgan fingerprint density at radius 1 is 1.00 bits per heavy atom. The van der Waals surface area contributed by atoms with Gasteiger partial charge in [-0.1, -0.05) is 66.7 Å². The van der Waals surface area contributed by atoms with Crippen molar-refractivity contribution >= 4 is 12.1 Å². The lowest BCUT2D eigenvalue weighted by Gasteiger charge is -2.35. The summed E-state index contributed by atoms with van der Waals surface area (Å²) >= 11 is 0. The van der Waals surface area contributed by atoms with Crippen LogP contribution in [0.25, 0.3) is 11.1 Å². The van der Waals surface area contributed by atoms with Crippen molar-refractivity contribution in [3.05, 3.63) is 94.5 Å². The molecule has 0 aromatic heterocycles. The molecular formula is C27H25NO4. The number of hydrogen-bond acceptors (Lipinski definition) is 3. The van der Waals surface area contributed by atoms with E-state index in [-0.39, 0.29) is 18.9 Å². The number of carbonyl (C=O) groups excluding carboxylic acids is 1. The highest BCUT2D eigenvalue weighted by atomic mass is 16.5. The second-order valence-corrected chi connectivity index (χ2v) is 8.73. The van der Waals surface area contributed by atoms with Gasteiger partial charge in [-0.25, -0.2) is 9.59 Å². The summed E-state index contributed by atoms with van der Waals surface area (Å²) in [7, 11) is 0. The molecule has 0 aliphatic heterocycles. The largest absolute Gasteiger partial charge is 0.479 e. The number of carboxylic acids is 1. The molecule has 1 amide bonds. The van der Waals surface area contributed by atoms with Crippen LogP contribution in [0.4, 0.5) is 4.79 Å². The summed E-state index contributed by atoms with van der Waals surface area (Å²) in [6.45, 7) is 2.19. The van der Waals surface area contributed by atoms with Crippen LogP contribution in [0.3, 0.4) is 0 Å². The first-order chi connectivity index (χ1) is 15.5. The van der Waals surface area contributed by atoms with Crippen LogP contribution < -0.4 is 5.32 Å². The van der Waals surface area contributed by atoms with Crippen molar-refractivity contribution in [2.45, 2.75) is 37.6 Å². The third-order valence-electron chi connectivity index (χ3n) is 6.90. The lowest BCUT2D eigenvalue weighted by Crippen LogP contribution is -2.58. The molecule has 5 nitrogen and oxygen atoms in total. The number of rotatable bonds is 4. The van der Waals surface area contributed by atoms with E-state index < -0.39 is 17.6 Å². The molecule has 0 radical (unpaired) electrons. The average Bonchev–Trinajstić information content (AvgIpc) is 3.11. The highest BCUT2D eigenvalue weighted by Crippen LogP contribution is 2.44. The Hall–Kier alpha value is -3.60. The zero-order valence-electron chi connectivity index (χ0n) is 17.9. The van der Waals surface area contributed by atoms with Crippen LogP contribution in [0.15, 0.2) is 66.7 Å². The van der Waals surface area contributed by atoms with Crippen molar-refractivity contribution < 1.29 is 19.4 Å². The van der Waals surface area contributed by atoms with E-state index in [0.29, 0.717) is 12.8 Å². The molecule has 1 unspecified atom stereocenters. The molecular weight excluding hydrogens is 402 g/mol.